The van der Waals surface area contributed by atoms with E-state index >= 15 is 0 Å². The summed E-state index contributed by atoms with van der Waals surface area (Å²) in [7, 11) is 0. The Labute approximate surface area is 197 Å². The van der Waals surface area contributed by atoms with Crippen LogP contribution >= 0.6 is 0 Å². The molecule has 8 nitrogen and oxygen atoms in total. The van der Waals surface area contributed by atoms with Crippen molar-refractivity contribution in [2.24, 2.45) is 0 Å². The van der Waals surface area contributed by atoms with Crippen molar-refractivity contribution in [2.75, 3.05) is 5.73 Å². The van der Waals surface area contributed by atoms with E-state index in [4.69, 9.17) is 22.0 Å². The largest absolute Gasteiger partial charge is 0.457 e. The standard InChI is InChI=1S/C26H24N6O2/c1-2-22(33)30-18-10-12-19(13-11-18)32-26-23(25(27)28-16-29-26)24(31-32)17-8-14-21(15-9-17)34-20-6-4-3-5-7-20/h1,3-9,14-16,18-19H,10-13H2,(H,30,33)(H2,27,28,29)/t18-,19+. The molecule has 8 heteroatoms. The third-order valence-corrected chi connectivity index (χ3v) is 6.13. The minimum atomic E-state index is -0.365. The van der Waals surface area contributed by atoms with Gasteiger partial charge in [0, 0.05) is 11.6 Å². The molecule has 1 aliphatic rings. The number of para-hydroxylation sites is 1. The van der Waals surface area contributed by atoms with Gasteiger partial charge in [-0.3, -0.25) is 4.79 Å². The van der Waals surface area contributed by atoms with Crippen LogP contribution < -0.4 is 15.8 Å². The van der Waals surface area contributed by atoms with Gasteiger partial charge >= 0.3 is 0 Å². The molecule has 0 unspecified atom stereocenters. The predicted octanol–water partition coefficient (Wildman–Crippen LogP) is 4.10. The number of nitrogens with zero attached hydrogens (tertiary/aromatic N) is 4. The maximum absolute atomic E-state index is 11.5. The van der Waals surface area contributed by atoms with Gasteiger partial charge in [0.1, 0.15) is 29.3 Å². The normalized spacial score (nSPS) is 17.7. The van der Waals surface area contributed by atoms with Crippen LogP contribution in [0.2, 0.25) is 0 Å². The number of nitrogens with one attached hydrogen (secondary N) is 1. The molecule has 34 heavy (non-hydrogen) atoms. The van der Waals surface area contributed by atoms with Gasteiger partial charge in [-0.2, -0.15) is 5.10 Å². The van der Waals surface area contributed by atoms with Crippen LogP contribution in [0.3, 0.4) is 0 Å². The van der Waals surface area contributed by atoms with Crippen molar-refractivity contribution in [3.63, 3.8) is 0 Å². The highest BCUT2D eigenvalue weighted by molar-refractivity contribution is 5.98. The number of fused-ring (bicyclic) bond motifs is 1. The lowest BCUT2D eigenvalue weighted by molar-refractivity contribution is -0.116. The molecule has 1 saturated carbocycles. The van der Waals surface area contributed by atoms with Crippen LogP contribution in [0.4, 0.5) is 5.82 Å². The van der Waals surface area contributed by atoms with Crippen molar-refractivity contribution in [3.8, 4) is 35.1 Å². The third kappa shape index (κ3) is 4.28. The van der Waals surface area contributed by atoms with Crippen molar-refractivity contribution in [2.45, 2.75) is 37.8 Å². The number of hydrogen-bond acceptors (Lipinski definition) is 6. The smallest absolute Gasteiger partial charge is 0.295 e. The summed E-state index contributed by atoms with van der Waals surface area (Å²) >= 11 is 0. The summed E-state index contributed by atoms with van der Waals surface area (Å²) in [5.41, 5.74) is 8.62. The first-order chi connectivity index (χ1) is 16.6. The molecule has 1 aliphatic carbocycles. The van der Waals surface area contributed by atoms with Gasteiger partial charge in [-0.1, -0.05) is 18.2 Å². The van der Waals surface area contributed by atoms with Gasteiger partial charge in [0.15, 0.2) is 5.65 Å². The van der Waals surface area contributed by atoms with E-state index in [-0.39, 0.29) is 18.0 Å². The monoisotopic (exact) mass is 452 g/mol. The van der Waals surface area contributed by atoms with Crippen LogP contribution in [0, 0.1) is 12.3 Å². The van der Waals surface area contributed by atoms with Gasteiger partial charge in [0.25, 0.3) is 5.91 Å². The topological polar surface area (TPSA) is 108 Å². The highest BCUT2D eigenvalue weighted by atomic mass is 16.5. The average molecular weight is 453 g/mol. The Hall–Kier alpha value is -4.38. The first-order valence-electron chi connectivity index (χ1n) is 11.2. The number of carbonyl (C=O) groups is 1. The summed E-state index contributed by atoms with van der Waals surface area (Å²) in [6.07, 6.45) is 9.98. The van der Waals surface area contributed by atoms with Crippen molar-refractivity contribution in [1.82, 2.24) is 25.1 Å². The molecule has 0 spiro atoms. The Morgan fingerprint density at radius 3 is 2.44 bits per heavy atom. The van der Waals surface area contributed by atoms with Gasteiger partial charge < -0.3 is 15.8 Å². The molecule has 2 aromatic carbocycles. The highest BCUT2D eigenvalue weighted by Crippen LogP contribution is 2.36. The van der Waals surface area contributed by atoms with Gasteiger partial charge in [-0.05, 0) is 68.0 Å². The Morgan fingerprint density at radius 2 is 1.74 bits per heavy atom. The fourth-order valence-corrected chi connectivity index (χ4v) is 4.45. The molecule has 0 bridgehead atoms. The Morgan fingerprint density at radius 1 is 1.03 bits per heavy atom. The van der Waals surface area contributed by atoms with Crippen LogP contribution in [0.1, 0.15) is 31.7 Å². The number of terminal acetylenes is 1. The second-order valence-corrected chi connectivity index (χ2v) is 8.31. The number of carbonyl (C=O) groups excluding carboxylic acids is 1. The van der Waals surface area contributed by atoms with E-state index in [2.05, 4.69) is 21.2 Å². The molecule has 0 radical (unpaired) electrons. The van der Waals surface area contributed by atoms with Crippen LogP contribution in [0.15, 0.2) is 60.9 Å². The average Bonchev–Trinajstić information content (AvgIpc) is 3.26. The molecule has 0 saturated heterocycles. The number of amides is 1. The number of nitrogen functional groups attached to an aromatic ring is 1. The first-order valence-corrected chi connectivity index (χ1v) is 11.2. The van der Waals surface area contributed by atoms with Gasteiger partial charge in [-0.15, -0.1) is 6.42 Å². The van der Waals surface area contributed by atoms with E-state index in [1.54, 1.807) is 0 Å². The zero-order valence-corrected chi connectivity index (χ0v) is 18.5. The summed E-state index contributed by atoms with van der Waals surface area (Å²) in [6, 6.07) is 17.6. The molecule has 2 heterocycles. The van der Waals surface area contributed by atoms with E-state index in [0.717, 1.165) is 53.8 Å². The van der Waals surface area contributed by atoms with E-state index in [0.29, 0.717) is 11.5 Å². The summed E-state index contributed by atoms with van der Waals surface area (Å²) < 4.78 is 7.86. The van der Waals surface area contributed by atoms with Gasteiger partial charge in [-0.25, -0.2) is 14.6 Å². The molecule has 0 aliphatic heterocycles. The van der Waals surface area contributed by atoms with E-state index in [9.17, 15) is 4.79 Å². The van der Waals surface area contributed by atoms with Crippen LogP contribution in [0.25, 0.3) is 22.3 Å². The Bertz CT molecular complexity index is 1350. The summed E-state index contributed by atoms with van der Waals surface area (Å²) in [4.78, 5) is 20.2. The second kappa shape index (κ2) is 9.24. The molecular formula is C26H24N6O2. The number of nitrogens with two attached hydrogens (primary N) is 1. The minimum Gasteiger partial charge on any atom is -0.457 e. The molecule has 1 amide bonds. The van der Waals surface area contributed by atoms with Crippen LogP contribution in [-0.4, -0.2) is 31.7 Å². The Balaban J connectivity index is 1.42. The minimum absolute atomic E-state index is 0.0814. The highest BCUT2D eigenvalue weighted by Gasteiger charge is 2.27. The number of aromatic nitrogens is 4. The number of anilines is 1. The number of ether oxygens (including phenoxy) is 1. The number of benzene rings is 2. The SMILES string of the molecule is C#CC(=O)N[C@H]1CC[C@@H](n2nc(-c3ccc(Oc4ccccc4)cc3)c3c(N)ncnc32)CC1. The van der Waals surface area contributed by atoms with Crippen LogP contribution in [0.5, 0.6) is 11.5 Å². The van der Waals surface area contributed by atoms with Crippen molar-refractivity contribution < 1.29 is 9.53 Å². The Kier molecular flexibility index (Phi) is 5.83. The summed E-state index contributed by atoms with van der Waals surface area (Å²) in [5, 5.41) is 8.55. The van der Waals surface area contributed by atoms with Crippen molar-refractivity contribution >= 4 is 22.8 Å². The van der Waals surface area contributed by atoms with E-state index in [1.165, 1.54) is 6.33 Å². The molecule has 1 fully saturated rings. The number of hydrogen-bond donors (Lipinski definition) is 2. The molecule has 3 N–H and O–H groups in total. The maximum Gasteiger partial charge on any atom is 0.295 e. The quantitative estimate of drug-likeness (QED) is 0.442. The molecule has 2 aromatic heterocycles. The molecule has 0 atom stereocenters. The zero-order chi connectivity index (χ0) is 23.5. The fourth-order valence-electron chi connectivity index (χ4n) is 4.45. The van der Waals surface area contributed by atoms with E-state index < -0.39 is 0 Å². The van der Waals surface area contributed by atoms with Gasteiger partial charge in [0.2, 0.25) is 0 Å². The van der Waals surface area contributed by atoms with E-state index in [1.807, 2.05) is 59.3 Å². The first kappa shape index (κ1) is 21.5. The maximum atomic E-state index is 11.5. The van der Waals surface area contributed by atoms with Crippen molar-refractivity contribution in [1.29, 1.82) is 0 Å². The molecule has 4 aromatic rings. The lowest BCUT2D eigenvalue weighted by Crippen LogP contribution is -2.37. The summed E-state index contributed by atoms with van der Waals surface area (Å²) in [5.74, 6) is 3.65. The molecular weight excluding hydrogens is 428 g/mol. The van der Waals surface area contributed by atoms with Crippen molar-refractivity contribution in [3.05, 3.63) is 60.9 Å². The lowest BCUT2D eigenvalue weighted by atomic mass is 9.91. The van der Waals surface area contributed by atoms with Gasteiger partial charge in [0.05, 0.1) is 11.4 Å². The molecule has 170 valence electrons. The number of rotatable bonds is 5. The lowest BCUT2D eigenvalue weighted by Gasteiger charge is -2.28. The van der Waals surface area contributed by atoms with Crippen LogP contribution in [-0.2, 0) is 4.79 Å². The third-order valence-electron chi connectivity index (χ3n) is 6.13. The fraction of sp³-hybridized carbons (Fsp3) is 0.231. The zero-order valence-electron chi connectivity index (χ0n) is 18.5. The predicted molar refractivity (Wildman–Crippen MR) is 130 cm³/mol. The summed E-state index contributed by atoms with van der Waals surface area (Å²) in [6.45, 7) is 0. The second-order valence-electron chi connectivity index (χ2n) is 8.31. The molecule has 5 rings (SSSR count).